The van der Waals surface area contributed by atoms with Gasteiger partial charge in [0.25, 0.3) is 0 Å². The number of anilines is 1. The second-order valence-electron chi connectivity index (χ2n) is 6.59. The number of para-hydroxylation sites is 1. The van der Waals surface area contributed by atoms with Crippen molar-refractivity contribution in [3.63, 3.8) is 0 Å². The summed E-state index contributed by atoms with van der Waals surface area (Å²) in [6.07, 6.45) is 2.44. The predicted octanol–water partition coefficient (Wildman–Crippen LogP) is 5.11. The van der Waals surface area contributed by atoms with Crippen LogP contribution in [0.5, 0.6) is 0 Å². The van der Waals surface area contributed by atoms with E-state index in [1.807, 2.05) is 6.07 Å². The third-order valence-corrected chi connectivity index (χ3v) is 5.61. The number of hydrogen-bond donors (Lipinski definition) is 0. The molecule has 1 saturated heterocycles. The minimum atomic E-state index is 0.0832. The van der Waals surface area contributed by atoms with Gasteiger partial charge in [-0.05, 0) is 50.1 Å². The molecule has 3 aromatic rings. The van der Waals surface area contributed by atoms with Gasteiger partial charge in [0.15, 0.2) is 0 Å². The standard InChI is InChI=1S/C19H17ClN2/c1-19-9-4-10-21(19)16-8-7-14(20)12-17(16)22-15-6-3-2-5-13(15)11-18(19)22/h2-3,5-8,11-12H,4,9-10H2,1H3. The molecule has 0 radical (unpaired) electrons. The first-order chi connectivity index (χ1) is 10.7. The van der Waals surface area contributed by atoms with E-state index in [0.29, 0.717) is 0 Å². The van der Waals surface area contributed by atoms with Gasteiger partial charge in [-0.1, -0.05) is 29.8 Å². The lowest BCUT2D eigenvalue weighted by molar-refractivity contribution is 0.460. The van der Waals surface area contributed by atoms with E-state index < -0.39 is 0 Å². The molecule has 5 rings (SSSR count). The number of benzene rings is 2. The summed E-state index contributed by atoms with van der Waals surface area (Å²) in [5, 5.41) is 2.10. The molecule has 0 aliphatic carbocycles. The average molecular weight is 309 g/mol. The van der Waals surface area contributed by atoms with Crippen LogP contribution in [0.2, 0.25) is 5.02 Å². The van der Waals surface area contributed by atoms with Crippen molar-refractivity contribution in [2.75, 3.05) is 11.4 Å². The number of hydrogen-bond acceptors (Lipinski definition) is 1. The van der Waals surface area contributed by atoms with Gasteiger partial charge in [-0.2, -0.15) is 0 Å². The Morgan fingerprint density at radius 2 is 1.91 bits per heavy atom. The van der Waals surface area contributed by atoms with Crippen LogP contribution in [0, 0.1) is 0 Å². The van der Waals surface area contributed by atoms with Crippen molar-refractivity contribution in [3.05, 3.63) is 59.2 Å². The van der Waals surface area contributed by atoms with Crippen LogP contribution < -0.4 is 4.90 Å². The molecule has 2 aliphatic rings. The lowest BCUT2D eigenvalue weighted by atomic mass is 9.91. The van der Waals surface area contributed by atoms with Crippen LogP contribution in [-0.2, 0) is 5.54 Å². The molecule has 0 saturated carbocycles. The Kier molecular flexibility index (Phi) is 2.34. The van der Waals surface area contributed by atoms with Crippen LogP contribution in [0.25, 0.3) is 16.6 Å². The Balaban J connectivity index is 1.96. The second-order valence-corrected chi connectivity index (χ2v) is 7.02. The van der Waals surface area contributed by atoms with E-state index >= 15 is 0 Å². The molecule has 2 nitrogen and oxygen atoms in total. The first kappa shape index (κ1) is 12.6. The van der Waals surface area contributed by atoms with Gasteiger partial charge in [0.1, 0.15) is 0 Å². The van der Waals surface area contributed by atoms with E-state index in [1.165, 1.54) is 40.8 Å². The van der Waals surface area contributed by atoms with E-state index in [-0.39, 0.29) is 5.54 Å². The summed E-state index contributed by atoms with van der Waals surface area (Å²) in [6, 6.07) is 17.3. The van der Waals surface area contributed by atoms with Crippen LogP contribution in [0.4, 0.5) is 5.69 Å². The molecule has 3 heteroatoms. The van der Waals surface area contributed by atoms with Gasteiger partial charge in [0.05, 0.1) is 22.4 Å². The molecule has 0 amide bonds. The molecule has 110 valence electrons. The van der Waals surface area contributed by atoms with Crippen molar-refractivity contribution in [1.29, 1.82) is 0 Å². The predicted molar refractivity (Wildman–Crippen MR) is 92.2 cm³/mol. The highest BCUT2D eigenvalue weighted by atomic mass is 35.5. The third kappa shape index (κ3) is 1.41. The molecule has 1 aromatic heterocycles. The molecule has 2 aromatic carbocycles. The molecule has 1 fully saturated rings. The van der Waals surface area contributed by atoms with Crippen molar-refractivity contribution < 1.29 is 0 Å². The van der Waals surface area contributed by atoms with Gasteiger partial charge in [-0.25, -0.2) is 0 Å². The van der Waals surface area contributed by atoms with Crippen molar-refractivity contribution in [2.24, 2.45) is 0 Å². The molecule has 0 N–H and O–H groups in total. The molecule has 3 heterocycles. The SMILES string of the molecule is CC12CCCN1c1ccc(Cl)cc1-n1c2cc2ccccc21. The monoisotopic (exact) mass is 308 g/mol. The minimum Gasteiger partial charge on any atom is -0.359 e. The number of nitrogens with zero attached hydrogens (tertiary/aromatic N) is 2. The third-order valence-electron chi connectivity index (χ3n) is 5.37. The van der Waals surface area contributed by atoms with Crippen molar-refractivity contribution >= 4 is 28.2 Å². The minimum absolute atomic E-state index is 0.0832. The molecular weight excluding hydrogens is 292 g/mol. The van der Waals surface area contributed by atoms with Gasteiger partial charge in [0.2, 0.25) is 0 Å². The molecule has 0 bridgehead atoms. The van der Waals surface area contributed by atoms with E-state index in [4.69, 9.17) is 11.6 Å². The zero-order chi connectivity index (χ0) is 14.9. The Bertz CT molecular complexity index is 911. The Hall–Kier alpha value is -1.93. The second kappa shape index (κ2) is 4.08. The quantitative estimate of drug-likeness (QED) is 0.560. The number of halogens is 1. The summed E-state index contributed by atoms with van der Waals surface area (Å²) in [7, 11) is 0. The van der Waals surface area contributed by atoms with E-state index in [2.05, 4.69) is 58.9 Å². The van der Waals surface area contributed by atoms with Gasteiger partial charge in [-0.3, -0.25) is 0 Å². The van der Waals surface area contributed by atoms with Gasteiger partial charge in [0, 0.05) is 22.6 Å². The maximum Gasteiger partial charge on any atom is 0.0781 e. The lowest BCUT2D eigenvalue weighted by Crippen LogP contribution is -2.43. The van der Waals surface area contributed by atoms with E-state index in [1.54, 1.807) is 0 Å². The molecule has 1 unspecified atom stereocenters. The highest BCUT2D eigenvalue weighted by Crippen LogP contribution is 2.50. The highest BCUT2D eigenvalue weighted by molar-refractivity contribution is 6.31. The zero-order valence-corrected chi connectivity index (χ0v) is 13.3. The van der Waals surface area contributed by atoms with Gasteiger partial charge in [-0.15, -0.1) is 0 Å². The Labute approximate surface area is 134 Å². The first-order valence-corrected chi connectivity index (χ1v) is 8.25. The van der Waals surface area contributed by atoms with Gasteiger partial charge >= 0.3 is 0 Å². The number of rotatable bonds is 0. The molecule has 22 heavy (non-hydrogen) atoms. The smallest absolute Gasteiger partial charge is 0.0781 e. The summed E-state index contributed by atoms with van der Waals surface area (Å²) < 4.78 is 2.42. The van der Waals surface area contributed by atoms with E-state index in [9.17, 15) is 0 Å². The van der Waals surface area contributed by atoms with Crippen LogP contribution in [0.1, 0.15) is 25.5 Å². The van der Waals surface area contributed by atoms with E-state index in [0.717, 1.165) is 11.6 Å². The lowest BCUT2D eigenvalue weighted by Gasteiger charge is -2.43. The zero-order valence-electron chi connectivity index (χ0n) is 12.5. The fraction of sp³-hybridized carbons (Fsp3) is 0.263. The van der Waals surface area contributed by atoms with Crippen LogP contribution in [0.3, 0.4) is 0 Å². The Morgan fingerprint density at radius 3 is 2.82 bits per heavy atom. The topological polar surface area (TPSA) is 8.17 Å². The van der Waals surface area contributed by atoms with Crippen LogP contribution in [0.15, 0.2) is 48.5 Å². The average Bonchev–Trinajstić information content (AvgIpc) is 3.09. The summed E-state index contributed by atoms with van der Waals surface area (Å²) in [4.78, 5) is 2.56. The maximum atomic E-state index is 6.31. The first-order valence-electron chi connectivity index (χ1n) is 7.87. The highest BCUT2D eigenvalue weighted by Gasteiger charge is 2.45. The van der Waals surface area contributed by atoms with Gasteiger partial charge < -0.3 is 9.47 Å². The normalized spacial score (nSPS) is 22.5. The van der Waals surface area contributed by atoms with Crippen molar-refractivity contribution in [1.82, 2.24) is 4.57 Å². The fourth-order valence-corrected chi connectivity index (χ4v) is 4.50. The molecular formula is C19H17ClN2. The Morgan fingerprint density at radius 1 is 1.05 bits per heavy atom. The number of aromatic nitrogens is 1. The summed E-state index contributed by atoms with van der Waals surface area (Å²) in [5.74, 6) is 0. The van der Waals surface area contributed by atoms with Crippen molar-refractivity contribution in [2.45, 2.75) is 25.3 Å². The van der Waals surface area contributed by atoms with Crippen LogP contribution >= 0.6 is 11.6 Å². The van der Waals surface area contributed by atoms with Crippen LogP contribution in [-0.4, -0.2) is 11.1 Å². The molecule has 0 spiro atoms. The largest absolute Gasteiger partial charge is 0.359 e. The summed E-state index contributed by atoms with van der Waals surface area (Å²) in [6.45, 7) is 3.49. The fourth-order valence-electron chi connectivity index (χ4n) is 4.33. The number of fused-ring (bicyclic) bond motifs is 8. The molecule has 2 aliphatic heterocycles. The van der Waals surface area contributed by atoms with Crippen molar-refractivity contribution in [3.8, 4) is 5.69 Å². The molecule has 1 atom stereocenters. The summed E-state index contributed by atoms with van der Waals surface area (Å²) in [5.41, 5.74) is 5.26. The maximum absolute atomic E-state index is 6.31. The summed E-state index contributed by atoms with van der Waals surface area (Å²) >= 11 is 6.31.